The summed E-state index contributed by atoms with van der Waals surface area (Å²) >= 11 is 0. The van der Waals surface area contributed by atoms with Crippen molar-refractivity contribution in [2.24, 2.45) is 11.7 Å². The Morgan fingerprint density at radius 2 is 2.44 bits per heavy atom. The van der Waals surface area contributed by atoms with Crippen molar-refractivity contribution in [3.63, 3.8) is 0 Å². The number of hydrogen-bond acceptors (Lipinski definition) is 2. The molecule has 0 heterocycles. The van der Waals surface area contributed by atoms with Crippen LogP contribution in [0.15, 0.2) is 0 Å². The van der Waals surface area contributed by atoms with Gasteiger partial charge in [-0.1, -0.05) is 6.92 Å². The lowest BCUT2D eigenvalue weighted by atomic mass is 10.1. The largest absolute Gasteiger partial charge is 0.370 e. The van der Waals surface area contributed by atoms with Gasteiger partial charge in [-0.2, -0.15) is 0 Å². The van der Waals surface area contributed by atoms with E-state index < -0.39 is 0 Å². The third kappa shape index (κ3) is 5.00. The lowest BCUT2D eigenvalue weighted by Crippen LogP contribution is -2.14. The number of nitrogens with one attached hydrogen (secondary N) is 1. The highest BCUT2D eigenvalue weighted by atomic mass is 16.1. The molecule has 0 bridgehead atoms. The Bertz CT molecular complexity index is 112. The fourth-order valence-electron chi connectivity index (χ4n) is 0.628. The van der Waals surface area contributed by atoms with E-state index in [-0.39, 0.29) is 11.8 Å². The summed E-state index contributed by atoms with van der Waals surface area (Å²) in [7, 11) is 0. The van der Waals surface area contributed by atoms with Crippen molar-refractivity contribution in [3.8, 4) is 0 Å². The first kappa shape index (κ1) is 8.14. The molecule has 52 valence electrons. The molecule has 3 nitrogen and oxygen atoms in total. The Labute approximate surface area is 54.8 Å². The standard InChI is InChI=1S/C6H12N2O/c1-5(2-3-7)4-6(8)9/h3,5,7H,2,4H2,1H3,(H2,8,9)/t5-/m0/s1. The van der Waals surface area contributed by atoms with Crippen LogP contribution in [0.1, 0.15) is 19.8 Å². The summed E-state index contributed by atoms with van der Waals surface area (Å²) in [5.41, 5.74) is 4.91. The van der Waals surface area contributed by atoms with Crippen LogP contribution >= 0.6 is 0 Å². The third-order valence-corrected chi connectivity index (χ3v) is 1.07. The molecule has 3 heteroatoms. The Hall–Kier alpha value is -0.860. The maximum absolute atomic E-state index is 10.2. The van der Waals surface area contributed by atoms with E-state index in [0.29, 0.717) is 12.8 Å². The fourth-order valence-corrected chi connectivity index (χ4v) is 0.628. The van der Waals surface area contributed by atoms with Crippen molar-refractivity contribution in [2.75, 3.05) is 0 Å². The number of nitrogens with two attached hydrogens (primary N) is 1. The molecule has 0 rings (SSSR count). The van der Waals surface area contributed by atoms with Gasteiger partial charge in [0.05, 0.1) is 0 Å². The van der Waals surface area contributed by atoms with Crippen LogP contribution < -0.4 is 5.73 Å². The van der Waals surface area contributed by atoms with Crippen LogP contribution in [0.5, 0.6) is 0 Å². The SMILES string of the molecule is C[C@@H](CC=N)CC(N)=O. The van der Waals surface area contributed by atoms with Gasteiger partial charge in [0.2, 0.25) is 5.91 Å². The molecule has 0 aromatic rings. The Morgan fingerprint density at radius 3 is 2.78 bits per heavy atom. The van der Waals surface area contributed by atoms with E-state index in [1.807, 2.05) is 6.92 Å². The first-order valence-corrected chi connectivity index (χ1v) is 2.94. The van der Waals surface area contributed by atoms with Crippen molar-refractivity contribution >= 4 is 12.1 Å². The van der Waals surface area contributed by atoms with Crippen LogP contribution in [0.25, 0.3) is 0 Å². The molecule has 0 aromatic heterocycles. The van der Waals surface area contributed by atoms with Crippen LogP contribution in [0.4, 0.5) is 0 Å². The van der Waals surface area contributed by atoms with Crippen LogP contribution in [0, 0.1) is 11.3 Å². The summed E-state index contributed by atoms with van der Waals surface area (Å²) in [6.45, 7) is 1.90. The van der Waals surface area contributed by atoms with Crippen LogP contribution in [0.2, 0.25) is 0 Å². The number of carbonyl (C=O) groups excluding carboxylic acids is 1. The first-order chi connectivity index (χ1) is 4.16. The Balaban J connectivity index is 3.37. The fraction of sp³-hybridized carbons (Fsp3) is 0.667. The molecule has 0 aromatic carbocycles. The molecule has 0 saturated carbocycles. The predicted octanol–water partition coefficient (Wildman–Crippen LogP) is 0.538. The van der Waals surface area contributed by atoms with Gasteiger partial charge in [0.15, 0.2) is 0 Å². The average molecular weight is 128 g/mol. The topological polar surface area (TPSA) is 66.9 Å². The minimum absolute atomic E-state index is 0.222. The van der Waals surface area contributed by atoms with E-state index in [1.165, 1.54) is 6.21 Å². The van der Waals surface area contributed by atoms with Crippen molar-refractivity contribution in [1.29, 1.82) is 5.41 Å². The molecule has 0 fully saturated rings. The molecular weight excluding hydrogens is 116 g/mol. The maximum Gasteiger partial charge on any atom is 0.217 e. The van der Waals surface area contributed by atoms with Gasteiger partial charge in [0, 0.05) is 6.42 Å². The third-order valence-electron chi connectivity index (χ3n) is 1.07. The smallest absolute Gasteiger partial charge is 0.217 e. The highest BCUT2D eigenvalue weighted by molar-refractivity contribution is 5.74. The van der Waals surface area contributed by atoms with Gasteiger partial charge in [0.25, 0.3) is 0 Å². The van der Waals surface area contributed by atoms with Crippen molar-refractivity contribution in [1.82, 2.24) is 0 Å². The number of primary amides is 1. The number of rotatable bonds is 4. The summed E-state index contributed by atoms with van der Waals surface area (Å²) in [6.07, 6.45) is 2.33. The van der Waals surface area contributed by atoms with Gasteiger partial charge in [-0.25, -0.2) is 0 Å². The van der Waals surface area contributed by atoms with E-state index >= 15 is 0 Å². The molecule has 0 aliphatic heterocycles. The van der Waals surface area contributed by atoms with Gasteiger partial charge in [0.1, 0.15) is 0 Å². The normalized spacial score (nSPS) is 12.6. The van der Waals surface area contributed by atoms with Crippen LogP contribution in [-0.4, -0.2) is 12.1 Å². The molecular formula is C6H12N2O. The zero-order valence-corrected chi connectivity index (χ0v) is 5.55. The summed E-state index contributed by atoms with van der Waals surface area (Å²) in [5, 5.41) is 6.70. The van der Waals surface area contributed by atoms with Gasteiger partial charge in [-0.05, 0) is 18.6 Å². The Morgan fingerprint density at radius 1 is 1.89 bits per heavy atom. The summed E-state index contributed by atoms with van der Waals surface area (Å²) < 4.78 is 0. The lowest BCUT2D eigenvalue weighted by molar-refractivity contribution is -0.118. The highest BCUT2D eigenvalue weighted by Crippen LogP contribution is 2.02. The van der Waals surface area contributed by atoms with Gasteiger partial charge < -0.3 is 11.1 Å². The summed E-state index contributed by atoms with van der Waals surface area (Å²) in [6, 6.07) is 0. The summed E-state index contributed by atoms with van der Waals surface area (Å²) in [4.78, 5) is 10.2. The molecule has 9 heavy (non-hydrogen) atoms. The average Bonchev–Trinajstić information content (AvgIpc) is 1.63. The molecule has 0 unspecified atom stereocenters. The van der Waals surface area contributed by atoms with Crippen molar-refractivity contribution in [3.05, 3.63) is 0 Å². The summed E-state index contributed by atoms with van der Waals surface area (Å²) in [5.74, 6) is -0.0654. The van der Waals surface area contributed by atoms with E-state index in [0.717, 1.165) is 0 Å². The molecule has 0 aliphatic rings. The Kier molecular flexibility index (Phi) is 3.67. The molecule has 0 saturated heterocycles. The second kappa shape index (κ2) is 4.06. The van der Waals surface area contributed by atoms with Crippen LogP contribution in [-0.2, 0) is 4.79 Å². The quantitative estimate of drug-likeness (QED) is 0.533. The zero-order valence-electron chi connectivity index (χ0n) is 5.55. The van der Waals surface area contributed by atoms with E-state index in [2.05, 4.69) is 0 Å². The van der Waals surface area contributed by atoms with Gasteiger partial charge in [-0.3, -0.25) is 4.79 Å². The minimum Gasteiger partial charge on any atom is -0.370 e. The van der Waals surface area contributed by atoms with E-state index in [1.54, 1.807) is 0 Å². The minimum atomic E-state index is -0.288. The van der Waals surface area contributed by atoms with Crippen molar-refractivity contribution in [2.45, 2.75) is 19.8 Å². The van der Waals surface area contributed by atoms with Crippen LogP contribution in [0.3, 0.4) is 0 Å². The molecule has 1 amide bonds. The zero-order chi connectivity index (χ0) is 7.28. The maximum atomic E-state index is 10.2. The van der Waals surface area contributed by atoms with Crippen molar-refractivity contribution < 1.29 is 4.79 Å². The number of hydrogen-bond donors (Lipinski definition) is 2. The molecule has 0 spiro atoms. The first-order valence-electron chi connectivity index (χ1n) is 2.94. The molecule has 1 atom stereocenters. The lowest BCUT2D eigenvalue weighted by Gasteiger charge is -2.02. The molecule has 0 radical (unpaired) electrons. The monoisotopic (exact) mass is 128 g/mol. The molecule has 3 N–H and O–H groups in total. The second-order valence-electron chi connectivity index (χ2n) is 2.22. The molecule has 0 aliphatic carbocycles. The predicted molar refractivity (Wildman–Crippen MR) is 36.4 cm³/mol. The highest BCUT2D eigenvalue weighted by Gasteiger charge is 2.02. The van der Waals surface area contributed by atoms with Gasteiger partial charge in [-0.15, -0.1) is 0 Å². The van der Waals surface area contributed by atoms with E-state index in [9.17, 15) is 4.79 Å². The number of carbonyl (C=O) groups is 1. The van der Waals surface area contributed by atoms with E-state index in [4.69, 9.17) is 11.1 Å². The number of amides is 1. The second-order valence-corrected chi connectivity index (χ2v) is 2.22. The van der Waals surface area contributed by atoms with Gasteiger partial charge >= 0.3 is 0 Å².